The SMILES string of the molecule is CC(C)Cc1nnc(NC(=O)N[C@H](C(=O)O)C(C)C)s1. The smallest absolute Gasteiger partial charge is 0.326 e. The number of anilines is 1. The van der Waals surface area contributed by atoms with Crippen molar-refractivity contribution in [1.29, 1.82) is 0 Å². The molecule has 1 heterocycles. The van der Waals surface area contributed by atoms with Crippen molar-refractivity contribution in [3.8, 4) is 0 Å². The lowest BCUT2D eigenvalue weighted by atomic mass is 10.1. The quantitative estimate of drug-likeness (QED) is 0.745. The predicted octanol–water partition coefficient (Wildman–Crippen LogP) is 1.97. The molecule has 8 heteroatoms. The average molecular weight is 300 g/mol. The molecule has 0 radical (unpaired) electrons. The molecule has 0 aliphatic rings. The molecule has 0 saturated carbocycles. The zero-order chi connectivity index (χ0) is 15.3. The zero-order valence-corrected chi connectivity index (χ0v) is 12.8. The fourth-order valence-electron chi connectivity index (χ4n) is 1.52. The number of amides is 2. The molecule has 1 aromatic heterocycles. The molecule has 0 unspecified atom stereocenters. The van der Waals surface area contributed by atoms with Gasteiger partial charge in [-0.05, 0) is 11.8 Å². The van der Waals surface area contributed by atoms with Crippen LogP contribution >= 0.6 is 11.3 Å². The maximum atomic E-state index is 11.7. The Morgan fingerprint density at radius 3 is 2.40 bits per heavy atom. The third-order valence-electron chi connectivity index (χ3n) is 2.49. The first-order chi connectivity index (χ1) is 9.29. The van der Waals surface area contributed by atoms with Crippen LogP contribution in [-0.4, -0.2) is 33.3 Å². The van der Waals surface area contributed by atoms with Crippen LogP contribution in [0.15, 0.2) is 0 Å². The number of aromatic nitrogens is 2. The molecule has 0 fully saturated rings. The topological polar surface area (TPSA) is 104 Å². The Bertz CT molecular complexity index is 473. The highest BCUT2D eigenvalue weighted by Crippen LogP contribution is 2.18. The van der Waals surface area contributed by atoms with Gasteiger partial charge in [-0.25, -0.2) is 9.59 Å². The third kappa shape index (κ3) is 5.12. The van der Waals surface area contributed by atoms with E-state index in [0.717, 1.165) is 11.4 Å². The van der Waals surface area contributed by atoms with Gasteiger partial charge in [0.1, 0.15) is 11.0 Å². The molecule has 1 atom stereocenters. The molecule has 112 valence electrons. The first kappa shape index (κ1) is 16.4. The van der Waals surface area contributed by atoms with Crippen molar-refractivity contribution in [1.82, 2.24) is 15.5 Å². The number of carbonyl (C=O) groups is 2. The summed E-state index contributed by atoms with van der Waals surface area (Å²) in [5, 5.41) is 22.9. The monoisotopic (exact) mass is 300 g/mol. The van der Waals surface area contributed by atoms with E-state index in [9.17, 15) is 9.59 Å². The van der Waals surface area contributed by atoms with E-state index in [1.54, 1.807) is 13.8 Å². The Kier molecular flexibility index (Phi) is 5.87. The largest absolute Gasteiger partial charge is 0.480 e. The molecule has 0 spiro atoms. The van der Waals surface area contributed by atoms with Gasteiger partial charge in [0.25, 0.3) is 0 Å². The normalized spacial score (nSPS) is 12.5. The van der Waals surface area contributed by atoms with Crippen molar-refractivity contribution < 1.29 is 14.7 Å². The van der Waals surface area contributed by atoms with E-state index in [0.29, 0.717) is 11.0 Å². The van der Waals surface area contributed by atoms with Crippen molar-refractivity contribution in [3.63, 3.8) is 0 Å². The van der Waals surface area contributed by atoms with Crippen LogP contribution in [0.5, 0.6) is 0 Å². The van der Waals surface area contributed by atoms with Crippen LogP contribution in [0.1, 0.15) is 32.7 Å². The number of hydrogen-bond donors (Lipinski definition) is 3. The van der Waals surface area contributed by atoms with Gasteiger partial charge in [0.05, 0.1) is 0 Å². The summed E-state index contributed by atoms with van der Waals surface area (Å²) in [6, 6.07) is -1.52. The number of carboxylic acid groups (broad SMARTS) is 1. The van der Waals surface area contributed by atoms with Gasteiger partial charge in [0.2, 0.25) is 5.13 Å². The summed E-state index contributed by atoms with van der Waals surface area (Å²) in [4.78, 5) is 22.7. The van der Waals surface area contributed by atoms with E-state index in [4.69, 9.17) is 5.11 Å². The molecule has 0 aliphatic carbocycles. The Morgan fingerprint density at radius 1 is 1.25 bits per heavy atom. The maximum Gasteiger partial charge on any atom is 0.326 e. The second-order valence-electron chi connectivity index (χ2n) is 5.26. The highest BCUT2D eigenvalue weighted by Gasteiger charge is 2.23. The number of carbonyl (C=O) groups excluding carboxylic acids is 1. The van der Waals surface area contributed by atoms with Gasteiger partial charge in [-0.3, -0.25) is 5.32 Å². The van der Waals surface area contributed by atoms with Crippen LogP contribution in [0.3, 0.4) is 0 Å². The lowest BCUT2D eigenvalue weighted by molar-refractivity contribution is -0.140. The molecular formula is C12H20N4O3S. The van der Waals surface area contributed by atoms with E-state index < -0.39 is 18.0 Å². The van der Waals surface area contributed by atoms with Crippen molar-refractivity contribution in [3.05, 3.63) is 5.01 Å². The molecule has 0 aromatic carbocycles. The molecule has 3 N–H and O–H groups in total. The van der Waals surface area contributed by atoms with Crippen LogP contribution in [0, 0.1) is 11.8 Å². The Labute approximate surface area is 121 Å². The Morgan fingerprint density at radius 2 is 1.90 bits per heavy atom. The lowest BCUT2D eigenvalue weighted by Gasteiger charge is -2.17. The number of nitrogens with zero attached hydrogens (tertiary/aromatic N) is 2. The number of aliphatic carboxylic acids is 1. The van der Waals surface area contributed by atoms with Crippen molar-refractivity contribution >= 4 is 28.5 Å². The summed E-state index contributed by atoms with van der Waals surface area (Å²) < 4.78 is 0. The fraction of sp³-hybridized carbons (Fsp3) is 0.667. The van der Waals surface area contributed by atoms with Gasteiger partial charge >= 0.3 is 12.0 Å². The van der Waals surface area contributed by atoms with Crippen molar-refractivity contribution in [2.75, 3.05) is 5.32 Å². The summed E-state index contributed by atoms with van der Waals surface area (Å²) in [5.74, 6) is -0.806. The number of rotatable bonds is 6. The predicted molar refractivity (Wildman–Crippen MR) is 76.9 cm³/mol. The average Bonchev–Trinajstić information content (AvgIpc) is 2.71. The van der Waals surface area contributed by atoms with Crippen molar-refractivity contribution in [2.45, 2.75) is 40.2 Å². The van der Waals surface area contributed by atoms with Gasteiger partial charge < -0.3 is 10.4 Å². The zero-order valence-electron chi connectivity index (χ0n) is 12.0. The lowest BCUT2D eigenvalue weighted by Crippen LogP contribution is -2.46. The molecule has 0 bridgehead atoms. The number of urea groups is 1. The molecule has 20 heavy (non-hydrogen) atoms. The standard InChI is InChI=1S/C12H20N4O3S/c1-6(2)5-8-15-16-12(20-8)14-11(19)13-9(7(3)4)10(17)18/h6-7,9H,5H2,1-4H3,(H,17,18)(H2,13,14,16,19)/t9-/m0/s1. The van der Waals surface area contributed by atoms with Crippen LogP contribution < -0.4 is 10.6 Å². The molecular weight excluding hydrogens is 280 g/mol. The van der Waals surface area contributed by atoms with E-state index in [1.807, 2.05) is 0 Å². The van der Waals surface area contributed by atoms with Crippen LogP contribution in [0.4, 0.5) is 9.93 Å². The molecule has 1 aromatic rings. The fourth-order valence-corrected chi connectivity index (χ4v) is 2.47. The van der Waals surface area contributed by atoms with Gasteiger partial charge in [-0.15, -0.1) is 10.2 Å². The number of hydrogen-bond acceptors (Lipinski definition) is 5. The Hall–Kier alpha value is -1.70. The summed E-state index contributed by atoms with van der Waals surface area (Å²) in [6.45, 7) is 7.60. The van der Waals surface area contributed by atoms with E-state index in [1.165, 1.54) is 11.3 Å². The van der Waals surface area contributed by atoms with Crippen LogP contribution in [-0.2, 0) is 11.2 Å². The van der Waals surface area contributed by atoms with Crippen LogP contribution in [0.2, 0.25) is 0 Å². The Balaban J connectivity index is 2.57. The number of carboxylic acids is 1. The first-order valence-electron chi connectivity index (χ1n) is 6.42. The minimum Gasteiger partial charge on any atom is -0.480 e. The summed E-state index contributed by atoms with van der Waals surface area (Å²) >= 11 is 1.29. The molecule has 2 amide bonds. The van der Waals surface area contributed by atoms with E-state index in [2.05, 4.69) is 34.7 Å². The third-order valence-corrected chi connectivity index (χ3v) is 3.35. The van der Waals surface area contributed by atoms with Crippen LogP contribution in [0.25, 0.3) is 0 Å². The maximum absolute atomic E-state index is 11.7. The van der Waals surface area contributed by atoms with Gasteiger partial charge in [-0.2, -0.15) is 0 Å². The summed E-state index contributed by atoms with van der Waals surface area (Å²) in [6.07, 6.45) is 0.796. The van der Waals surface area contributed by atoms with E-state index in [-0.39, 0.29) is 5.92 Å². The van der Waals surface area contributed by atoms with Gasteiger partial charge in [0, 0.05) is 6.42 Å². The second kappa shape index (κ2) is 7.18. The van der Waals surface area contributed by atoms with Gasteiger partial charge in [0.15, 0.2) is 0 Å². The molecule has 7 nitrogen and oxygen atoms in total. The van der Waals surface area contributed by atoms with Gasteiger partial charge in [-0.1, -0.05) is 39.0 Å². The molecule has 0 saturated heterocycles. The minimum atomic E-state index is -1.06. The molecule has 1 rings (SSSR count). The number of nitrogens with one attached hydrogen (secondary N) is 2. The highest BCUT2D eigenvalue weighted by atomic mass is 32.1. The highest BCUT2D eigenvalue weighted by molar-refractivity contribution is 7.15. The summed E-state index contributed by atoms with van der Waals surface area (Å²) in [5.41, 5.74) is 0. The summed E-state index contributed by atoms with van der Waals surface area (Å²) in [7, 11) is 0. The van der Waals surface area contributed by atoms with E-state index >= 15 is 0 Å². The molecule has 0 aliphatic heterocycles. The second-order valence-corrected chi connectivity index (χ2v) is 6.32. The first-order valence-corrected chi connectivity index (χ1v) is 7.24. The minimum absolute atomic E-state index is 0.204. The van der Waals surface area contributed by atoms with Crippen molar-refractivity contribution in [2.24, 2.45) is 11.8 Å².